The number of alkyl halides is 3. The fourth-order valence-corrected chi connectivity index (χ4v) is 4.12. The van der Waals surface area contributed by atoms with Gasteiger partial charge in [0.05, 0.1) is 5.52 Å². The van der Waals surface area contributed by atoms with E-state index in [1.165, 1.54) is 0 Å². The summed E-state index contributed by atoms with van der Waals surface area (Å²) in [5.74, 6) is 1.02. The quantitative estimate of drug-likeness (QED) is 0.255. The van der Waals surface area contributed by atoms with Gasteiger partial charge >= 0.3 is 6.18 Å². The molecule has 0 fully saturated rings. The Morgan fingerprint density at radius 3 is 2.66 bits per heavy atom. The fourth-order valence-electron chi connectivity index (χ4n) is 4.12. The second kappa shape index (κ2) is 9.36. The van der Waals surface area contributed by atoms with Gasteiger partial charge in [-0.3, -0.25) is 0 Å². The van der Waals surface area contributed by atoms with Crippen LogP contribution in [0.25, 0.3) is 33.2 Å². The van der Waals surface area contributed by atoms with Crippen LogP contribution in [0.5, 0.6) is 5.75 Å². The van der Waals surface area contributed by atoms with E-state index < -0.39 is 11.9 Å². The van der Waals surface area contributed by atoms with Gasteiger partial charge in [-0.25, -0.2) is 10.1 Å². The number of tetrazole rings is 1. The Labute approximate surface area is 198 Å². The van der Waals surface area contributed by atoms with Gasteiger partial charge in [-0.1, -0.05) is 38.0 Å². The van der Waals surface area contributed by atoms with E-state index in [4.69, 9.17) is 9.15 Å². The Balaban J connectivity index is 1.62. The van der Waals surface area contributed by atoms with Crippen molar-refractivity contribution in [3.05, 3.63) is 65.6 Å². The van der Waals surface area contributed by atoms with Crippen molar-refractivity contribution in [1.29, 1.82) is 0 Å². The minimum atomic E-state index is -4.62. The molecule has 0 spiro atoms. The number of halogens is 3. The molecule has 0 amide bonds. The van der Waals surface area contributed by atoms with Gasteiger partial charge in [-0.2, -0.15) is 13.2 Å². The first-order valence-corrected chi connectivity index (χ1v) is 11.3. The zero-order valence-electron chi connectivity index (χ0n) is 18.9. The van der Waals surface area contributed by atoms with Crippen molar-refractivity contribution < 1.29 is 22.3 Å². The first-order chi connectivity index (χ1) is 16.9. The van der Waals surface area contributed by atoms with E-state index in [1.807, 2.05) is 24.3 Å². The van der Waals surface area contributed by atoms with Crippen LogP contribution in [0.1, 0.15) is 43.3 Å². The van der Waals surface area contributed by atoms with Crippen molar-refractivity contribution in [1.82, 2.24) is 25.6 Å². The zero-order valence-corrected chi connectivity index (χ0v) is 18.9. The lowest BCUT2D eigenvalue weighted by Gasteiger charge is -2.13. The molecular weight excluding hydrogens is 459 g/mol. The number of rotatable bonds is 8. The van der Waals surface area contributed by atoms with E-state index in [0.717, 1.165) is 53.8 Å². The molecule has 7 nitrogen and oxygen atoms in total. The molecule has 0 unspecified atom stereocenters. The summed E-state index contributed by atoms with van der Waals surface area (Å²) in [6, 6.07) is 13.8. The molecule has 0 bridgehead atoms. The summed E-state index contributed by atoms with van der Waals surface area (Å²) in [6.07, 6.45) is -0.586. The molecule has 0 saturated heterocycles. The molecule has 3 aromatic heterocycles. The monoisotopic (exact) mass is 481 g/mol. The number of benzene rings is 2. The van der Waals surface area contributed by atoms with Crippen molar-refractivity contribution in [2.75, 3.05) is 0 Å². The number of pyridine rings is 1. The number of hydrogen-bond acceptors (Lipinski definition) is 6. The van der Waals surface area contributed by atoms with Crippen molar-refractivity contribution in [2.45, 2.75) is 45.4 Å². The van der Waals surface area contributed by atoms with Crippen LogP contribution in [0, 0.1) is 0 Å². The normalized spacial score (nSPS) is 12.0. The SMILES string of the molecule is CCCCCc1c(-c2ccc3nc(C(F)(F)F)cc(OCc4nnn[nH]4)c3c2)oc2ccccc12. The highest BCUT2D eigenvalue weighted by Gasteiger charge is 2.34. The topological polar surface area (TPSA) is 89.7 Å². The summed E-state index contributed by atoms with van der Waals surface area (Å²) in [7, 11) is 0. The number of fused-ring (bicyclic) bond motifs is 2. The molecule has 3 heterocycles. The zero-order chi connectivity index (χ0) is 24.4. The lowest BCUT2D eigenvalue weighted by Crippen LogP contribution is -2.09. The third kappa shape index (κ3) is 4.68. The van der Waals surface area contributed by atoms with Crippen LogP contribution < -0.4 is 4.74 Å². The van der Waals surface area contributed by atoms with Crippen molar-refractivity contribution in [2.24, 2.45) is 0 Å². The second-order valence-electron chi connectivity index (χ2n) is 8.23. The predicted molar refractivity (Wildman–Crippen MR) is 124 cm³/mol. The summed E-state index contributed by atoms with van der Waals surface area (Å²) in [4.78, 5) is 3.83. The summed E-state index contributed by atoms with van der Waals surface area (Å²) in [6.45, 7) is 2.02. The number of furan rings is 1. The number of nitrogens with one attached hydrogen (secondary N) is 1. The highest BCUT2D eigenvalue weighted by atomic mass is 19.4. The molecule has 0 saturated carbocycles. The molecule has 35 heavy (non-hydrogen) atoms. The summed E-state index contributed by atoms with van der Waals surface area (Å²) in [5, 5.41) is 14.7. The van der Waals surface area contributed by atoms with E-state index in [0.29, 0.717) is 11.1 Å². The number of aromatic nitrogens is 5. The first kappa shape index (κ1) is 22.8. The average molecular weight is 481 g/mol. The molecular formula is C25H22F3N5O2. The average Bonchev–Trinajstić information content (AvgIpc) is 3.50. The van der Waals surface area contributed by atoms with Gasteiger partial charge in [0.15, 0.2) is 5.82 Å². The number of aryl methyl sites for hydroxylation is 1. The number of H-pyrrole nitrogens is 1. The molecule has 2 aromatic carbocycles. The fraction of sp³-hybridized carbons (Fsp3) is 0.280. The van der Waals surface area contributed by atoms with Gasteiger partial charge in [0.1, 0.15) is 29.4 Å². The summed E-state index contributed by atoms with van der Waals surface area (Å²) >= 11 is 0. The van der Waals surface area contributed by atoms with Gasteiger partial charge in [-0.15, -0.1) is 5.10 Å². The number of aromatic amines is 1. The van der Waals surface area contributed by atoms with Crippen LogP contribution >= 0.6 is 0 Å². The molecule has 0 radical (unpaired) electrons. The van der Waals surface area contributed by atoms with Gasteiger partial charge in [0, 0.05) is 28.0 Å². The highest BCUT2D eigenvalue weighted by molar-refractivity contribution is 5.93. The number of hydrogen-bond donors (Lipinski definition) is 1. The molecule has 1 N–H and O–H groups in total. The van der Waals surface area contributed by atoms with Gasteiger partial charge in [-0.05, 0) is 47.5 Å². The highest BCUT2D eigenvalue weighted by Crippen LogP contribution is 2.39. The van der Waals surface area contributed by atoms with Crippen molar-refractivity contribution >= 4 is 21.9 Å². The molecule has 0 aliphatic heterocycles. The van der Waals surface area contributed by atoms with Crippen molar-refractivity contribution in [3.8, 4) is 17.1 Å². The molecule has 10 heteroatoms. The van der Waals surface area contributed by atoms with E-state index in [2.05, 4.69) is 32.5 Å². The van der Waals surface area contributed by atoms with E-state index in [9.17, 15) is 13.2 Å². The molecule has 0 aliphatic carbocycles. The predicted octanol–water partition coefficient (Wildman–Crippen LogP) is 6.49. The summed E-state index contributed by atoms with van der Waals surface area (Å²) in [5.41, 5.74) is 1.73. The second-order valence-corrected chi connectivity index (χ2v) is 8.23. The van der Waals surface area contributed by atoms with Gasteiger partial charge in [0.25, 0.3) is 0 Å². The minimum Gasteiger partial charge on any atom is -0.485 e. The Bertz CT molecular complexity index is 1460. The largest absolute Gasteiger partial charge is 0.485 e. The van der Waals surface area contributed by atoms with Crippen molar-refractivity contribution in [3.63, 3.8) is 0 Å². The van der Waals surface area contributed by atoms with E-state index in [1.54, 1.807) is 18.2 Å². The summed E-state index contributed by atoms with van der Waals surface area (Å²) < 4.78 is 52.4. The van der Waals surface area contributed by atoms with Gasteiger partial charge < -0.3 is 9.15 Å². The molecule has 5 rings (SSSR count). The van der Waals surface area contributed by atoms with Crippen LogP contribution in [0.3, 0.4) is 0 Å². The maximum Gasteiger partial charge on any atom is 0.433 e. The number of ether oxygens (including phenoxy) is 1. The molecule has 0 aliphatic rings. The number of unbranched alkanes of at least 4 members (excludes halogenated alkanes) is 2. The number of nitrogens with zero attached hydrogens (tertiary/aromatic N) is 4. The van der Waals surface area contributed by atoms with Crippen LogP contribution in [-0.4, -0.2) is 25.6 Å². The Morgan fingerprint density at radius 2 is 1.89 bits per heavy atom. The first-order valence-electron chi connectivity index (χ1n) is 11.3. The van der Waals surface area contributed by atoms with Crippen LogP contribution in [0.2, 0.25) is 0 Å². The lowest BCUT2D eigenvalue weighted by atomic mass is 9.99. The third-order valence-electron chi connectivity index (χ3n) is 5.81. The Kier molecular flexibility index (Phi) is 6.10. The standard InChI is InChI=1S/C25H22F3N5O2/c1-2-3-4-8-17-16-7-5-6-9-20(16)35-24(17)15-10-11-19-18(12-15)21(13-22(29-19)25(26,27)28)34-14-23-30-32-33-31-23/h5-7,9-13H,2-4,8,14H2,1H3,(H,30,31,32,33). The van der Waals surface area contributed by atoms with E-state index in [-0.39, 0.29) is 23.7 Å². The van der Waals surface area contributed by atoms with Crippen LogP contribution in [-0.2, 0) is 19.2 Å². The molecule has 180 valence electrons. The smallest absolute Gasteiger partial charge is 0.433 e. The maximum absolute atomic E-state index is 13.5. The van der Waals surface area contributed by atoms with E-state index >= 15 is 0 Å². The lowest BCUT2D eigenvalue weighted by molar-refractivity contribution is -0.141. The van der Waals surface area contributed by atoms with Gasteiger partial charge in [0.2, 0.25) is 0 Å². The molecule has 5 aromatic rings. The Hall–Kier alpha value is -3.95. The number of para-hydroxylation sites is 1. The minimum absolute atomic E-state index is 0.0317. The van der Waals surface area contributed by atoms with Crippen LogP contribution in [0.4, 0.5) is 13.2 Å². The van der Waals surface area contributed by atoms with Crippen LogP contribution in [0.15, 0.2) is 52.9 Å². The Morgan fingerprint density at radius 1 is 1.03 bits per heavy atom. The molecule has 0 atom stereocenters. The third-order valence-corrected chi connectivity index (χ3v) is 5.81. The maximum atomic E-state index is 13.5.